The maximum Gasteiger partial charge on any atom is 0.244 e. The highest BCUT2D eigenvalue weighted by molar-refractivity contribution is 7.89. The van der Waals surface area contributed by atoms with E-state index in [0.29, 0.717) is 39.3 Å². The van der Waals surface area contributed by atoms with Gasteiger partial charge in [-0.15, -0.1) is 0 Å². The van der Waals surface area contributed by atoms with Crippen molar-refractivity contribution in [3.05, 3.63) is 94.5 Å². The van der Waals surface area contributed by atoms with Gasteiger partial charge in [0.1, 0.15) is 10.6 Å². The van der Waals surface area contributed by atoms with Crippen LogP contribution in [0.2, 0.25) is 5.02 Å². The number of nitrogens with zero attached hydrogens (tertiary/aromatic N) is 2. The molecule has 186 valence electrons. The van der Waals surface area contributed by atoms with Crippen molar-refractivity contribution in [3.63, 3.8) is 0 Å². The van der Waals surface area contributed by atoms with Crippen LogP contribution >= 0.6 is 11.6 Å². The van der Waals surface area contributed by atoms with Gasteiger partial charge in [0, 0.05) is 32.7 Å². The molecule has 3 aromatic carbocycles. The summed E-state index contributed by atoms with van der Waals surface area (Å²) in [6, 6.07) is 22.8. The molecular formula is C27H31ClN2O4S. The van der Waals surface area contributed by atoms with Crippen LogP contribution in [0.4, 0.5) is 0 Å². The van der Waals surface area contributed by atoms with Crippen LogP contribution in [-0.4, -0.2) is 57.5 Å². The summed E-state index contributed by atoms with van der Waals surface area (Å²) in [5, 5.41) is 0.248. The number of ether oxygens (including phenoxy) is 2. The van der Waals surface area contributed by atoms with Gasteiger partial charge in [-0.1, -0.05) is 65.7 Å². The lowest BCUT2D eigenvalue weighted by atomic mass is 10.1. The molecule has 4 rings (SSSR count). The lowest BCUT2D eigenvalue weighted by Gasteiger charge is -2.36. The van der Waals surface area contributed by atoms with Gasteiger partial charge < -0.3 is 9.47 Å². The molecule has 0 N–H and O–H groups in total. The zero-order valence-corrected chi connectivity index (χ0v) is 21.6. The molecule has 0 amide bonds. The second-order valence-electron chi connectivity index (χ2n) is 8.70. The molecule has 6 nitrogen and oxygen atoms in total. The highest BCUT2D eigenvalue weighted by Crippen LogP contribution is 2.27. The topological polar surface area (TPSA) is 59.1 Å². The molecule has 3 aromatic rings. The van der Waals surface area contributed by atoms with Gasteiger partial charge in [-0.2, -0.15) is 4.31 Å². The van der Waals surface area contributed by atoms with Crippen molar-refractivity contribution in [1.29, 1.82) is 0 Å². The van der Waals surface area contributed by atoms with E-state index in [4.69, 9.17) is 21.1 Å². The standard InChI is InChI=1S/C27H31ClN2O4S/c1-21-10-12-22(13-11-21)20-34-26(23-6-5-7-24(18-23)33-2)19-29-14-16-30(17-15-29)35(31,32)27-9-4-3-8-25(27)28/h3-13,18,26H,14-17,19-20H2,1-2H3. The van der Waals surface area contributed by atoms with Crippen LogP contribution in [-0.2, 0) is 21.4 Å². The summed E-state index contributed by atoms with van der Waals surface area (Å²) >= 11 is 6.17. The average molecular weight is 515 g/mol. The third-order valence-corrected chi connectivity index (χ3v) is 8.65. The van der Waals surface area contributed by atoms with E-state index in [1.807, 2.05) is 24.3 Å². The Morgan fingerprint density at radius 3 is 2.34 bits per heavy atom. The van der Waals surface area contributed by atoms with Gasteiger partial charge in [0.2, 0.25) is 10.0 Å². The fourth-order valence-electron chi connectivity index (χ4n) is 4.16. The van der Waals surface area contributed by atoms with Gasteiger partial charge in [-0.25, -0.2) is 8.42 Å². The summed E-state index contributed by atoms with van der Waals surface area (Å²) in [6.45, 7) is 5.22. The molecular weight excluding hydrogens is 484 g/mol. The lowest BCUT2D eigenvalue weighted by Crippen LogP contribution is -2.49. The molecule has 35 heavy (non-hydrogen) atoms. The zero-order chi connectivity index (χ0) is 24.8. The van der Waals surface area contributed by atoms with Crippen LogP contribution in [0.15, 0.2) is 77.7 Å². The summed E-state index contributed by atoms with van der Waals surface area (Å²) < 4.78 is 39.5. The molecule has 8 heteroatoms. The number of hydrogen-bond acceptors (Lipinski definition) is 5. The van der Waals surface area contributed by atoms with E-state index in [0.717, 1.165) is 16.9 Å². The van der Waals surface area contributed by atoms with Crippen molar-refractivity contribution in [2.75, 3.05) is 39.8 Å². The number of halogens is 1. The van der Waals surface area contributed by atoms with E-state index in [1.54, 1.807) is 31.4 Å². The van der Waals surface area contributed by atoms with E-state index >= 15 is 0 Å². The largest absolute Gasteiger partial charge is 0.497 e. The second kappa shape index (κ2) is 11.5. The Hall–Kier alpha value is -2.42. The van der Waals surface area contributed by atoms with Crippen LogP contribution in [0.5, 0.6) is 5.75 Å². The van der Waals surface area contributed by atoms with Crippen LogP contribution < -0.4 is 4.74 Å². The number of piperazine rings is 1. The fraction of sp³-hybridized carbons (Fsp3) is 0.333. The van der Waals surface area contributed by atoms with E-state index < -0.39 is 10.0 Å². The number of methoxy groups -OCH3 is 1. The second-order valence-corrected chi connectivity index (χ2v) is 11.0. The smallest absolute Gasteiger partial charge is 0.244 e. The van der Waals surface area contributed by atoms with Crippen LogP contribution in [0.25, 0.3) is 0 Å². The van der Waals surface area contributed by atoms with Gasteiger partial charge in [0.05, 0.1) is 24.8 Å². The third-order valence-electron chi connectivity index (χ3n) is 6.25. The first-order chi connectivity index (χ1) is 16.9. The molecule has 0 saturated carbocycles. The summed E-state index contributed by atoms with van der Waals surface area (Å²) in [7, 11) is -1.98. The Kier molecular flexibility index (Phi) is 8.46. The Labute approximate surface area is 213 Å². The molecule has 1 aliphatic rings. The quantitative estimate of drug-likeness (QED) is 0.405. The van der Waals surface area contributed by atoms with E-state index in [9.17, 15) is 8.42 Å². The monoisotopic (exact) mass is 514 g/mol. The SMILES string of the molecule is COc1cccc(C(CN2CCN(S(=O)(=O)c3ccccc3Cl)CC2)OCc2ccc(C)cc2)c1. The molecule has 0 radical (unpaired) electrons. The van der Waals surface area contributed by atoms with E-state index in [1.165, 1.54) is 9.87 Å². The van der Waals surface area contributed by atoms with Crippen molar-refractivity contribution in [1.82, 2.24) is 9.21 Å². The maximum atomic E-state index is 13.1. The predicted octanol–water partition coefficient (Wildman–Crippen LogP) is 4.92. The first kappa shape index (κ1) is 25.7. The Bertz CT molecular complexity index is 1230. The van der Waals surface area contributed by atoms with Gasteiger partial charge in [0.25, 0.3) is 0 Å². The molecule has 1 aliphatic heterocycles. The molecule has 1 unspecified atom stereocenters. The van der Waals surface area contributed by atoms with Gasteiger partial charge in [0.15, 0.2) is 0 Å². The molecule has 0 spiro atoms. The number of sulfonamides is 1. The highest BCUT2D eigenvalue weighted by atomic mass is 35.5. The van der Waals surface area contributed by atoms with E-state index in [2.05, 4.69) is 36.1 Å². The first-order valence-corrected chi connectivity index (χ1v) is 13.5. The van der Waals surface area contributed by atoms with Crippen LogP contribution in [0.3, 0.4) is 0 Å². The molecule has 1 saturated heterocycles. The molecule has 1 fully saturated rings. The van der Waals surface area contributed by atoms with Gasteiger partial charge in [-0.05, 0) is 42.3 Å². The van der Waals surface area contributed by atoms with Crippen molar-refractivity contribution >= 4 is 21.6 Å². The lowest BCUT2D eigenvalue weighted by molar-refractivity contribution is 0.00763. The van der Waals surface area contributed by atoms with Crippen LogP contribution in [0.1, 0.15) is 22.8 Å². The van der Waals surface area contributed by atoms with Crippen molar-refractivity contribution in [2.24, 2.45) is 0 Å². The van der Waals surface area contributed by atoms with Crippen molar-refractivity contribution in [2.45, 2.75) is 24.5 Å². The molecule has 0 aliphatic carbocycles. The summed E-state index contributed by atoms with van der Waals surface area (Å²) in [5.41, 5.74) is 3.35. The first-order valence-electron chi connectivity index (χ1n) is 11.6. The van der Waals surface area contributed by atoms with Gasteiger partial charge >= 0.3 is 0 Å². The molecule has 1 atom stereocenters. The Morgan fingerprint density at radius 2 is 1.66 bits per heavy atom. The minimum Gasteiger partial charge on any atom is -0.497 e. The molecule has 0 aromatic heterocycles. The highest BCUT2D eigenvalue weighted by Gasteiger charge is 2.31. The maximum absolute atomic E-state index is 13.1. The number of hydrogen-bond donors (Lipinski definition) is 0. The Morgan fingerprint density at radius 1 is 0.943 bits per heavy atom. The Balaban J connectivity index is 1.44. The summed E-state index contributed by atoms with van der Waals surface area (Å²) in [5.74, 6) is 0.780. The summed E-state index contributed by atoms with van der Waals surface area (Å²) in [4.78, 5) is 2.41. The van der Waals surface area contributed by atoms with Crippen molar-refractivity contribution in [3.8, 4) is 5.75 Å². The number of aryl methyl sites for hydroxylation is 1. The fourth-order valence-corrected chi connectivity index (χ4v) is 6.07. The number of benzene rings is 3. The van der Waals surface area contributed by atoms with E-state index in [-0.39, 0.29) is 16.0 Å². The average Bonchev–Trinajstić information content (AvgIpc) is 2.88. The summed E-state index contributed by atoms with van der Waals surface area (Å²) in [6.07, 6.45) is -0.182. The third kappa shape index (κ3) is 6.42. The normalized spacial score (nSPS) is 16.2. The van der Waals surface area contributed by atoms with Gasteiger partial charge in [-0.3, -0.25) is 4.90 Å². The number of rotatable bonds is 9. The molecule has 0 bridgehead atoms. The molecule has 1 heterocycles. The zero-order valence-electron chi connectivity index (χ0n) is 20.1. The van der Waals surface area contributed by atoms with Crippen molar-refractivity contribution < 1.29 is 17.9 Å². The minimum absolute atomic E-state index is 0.158. The van der Waals surface area contributed by atoms with Crippen LogP contribution in [0, 0.1) is 6.92 Å². The minimum atomic E-state index is -3.63. The predicted molar refractivity (Wildman–Crippen MR) is 138 cm³/mol.